The van der Waals surface area contributed by atoms with Crippen LogP contribution in [-0.4, -0.2) is 17.3 Å². The number of aliphatic hydroxyl groups excluding tert-OH is 1. The number of aliphatic hydroxyl groups is 1. The van der Waals surface area contributed by atoms with E-state index in [-0.39, 0.29) is 6.10 Å². The zero-order chi connectivity index (χ0) is 9.26. The molecule has 13 heavy (non-hydrogen) atoms. The van der Waals surface area contributed by atoms with Gasteiger partial charge in [-0.25, -0.2) is 0 Å². The Morgan fingerprint density at radius 3 is 2.38 bits per heavy atom. The minimum absolute atomic E-state index is 0.105. The zero-order valence-electron chi connectivity index (χ0n) is 7.40. The second-order valence-electron chi connectivity index (χ2n) is 3.59. The monoisotopic (exact) mass is 178 g/mol. The van der Waals surface area contributed by atoms with Crippen LogP contribution in [0.15, 0.2) is 24.3 Å². The van der Waals surface area contributed by atoms with Crippen molar-refractivity contribution in [3.05, 3.63) is 24.3 Å². The van der Waals surface area contributed by atoms with Gasteiger partial charge in [-0.1, -0.05) is 0 Å². The van der Waals surface area contributed by atoms with Crippen LogP contribution in [0.5, 0.6) is 0 Å². The fourth-order valence-electron chi connectivity index (χ4n) is 1.52. The molecule has 2 rings (SSSR count). The maximum absolute atomic E-state index is 9.08. The van der Waals surface area contributed by atoms with E-state index >= 15 is 0 Å². The third-order valence-electron chi connectivity index (χ3n) is 2.39. The molecule has 0 aliphatic heterocycles. The maximum atomic E-state index is 9.08. The van der Waals surface area contributed by atoms with Crippen LogP contribution in [0, 0.1) is 0 Å². The van der Waals surface area contributed by atoms with Gasteiger partial charge in [0.1, 0.15) is 0 Å². The molecule has 3 heteroatoms. The van der Waals surface area contributed by atoms with Gasteiger partial charge >= 0.3 is 0 Å². The summed E-state index contributed by atoms with van der Waals surface area (Å²) in [5, 5.41) is 12.4. The molecule has 1 aromatic carbocycles. The molecule has 3 nitrogen and oxygen atoms in total. The van der Waals surface area contributed by atoms with Gasteiger partial charge in [-0.15, -0.1) is 0 Å². The van der Waals surface area contributed by atoms with Crippen LogP contribution in [0.25, 0.3) is 0 Å². The summed E-state index contributed by atoms with van der Waals surface area (Å²) in [5.41, 5.74) is 7.41. The number of benzene rings is 1. The van der Waals surface area contributed by atoms with Crippen molar-refractivity contribution in [2.75, 3.05) is 11.1 Å². The van der Waals surface area contributed by atoms with Crippen molar-refractivity contribution in [3.63, 3.8) is 0 Å². The summed E-state index contributed by atoms with van der Waals surface area (Å²) in [6.07, 6.45) is 1.60. The van der Waals surface area contributed by atoms with Gasteiger partial charge in [0.15, 0.2) is 0 Å². The molecule has 0 heterocycles. The van der Waals surface area contributed by atoms with Crippen molar-refractivity contribution < 1.29 is 5.11 Å². The molecule has 1 aliphatic carbocycles. The van der Waals surface area contributed by atoms with Gasteiger partial charge in [0.25, 0.3) is 0 Å². The standard InChI is InChI=1S/C10H14N2O/c11-7-1-3-8(4-2-7)12-9-5-10(13)6-9/h1-4,9-10,12-13H,5-6,11H2. The van der Waals surface area contributed by atoms with Crippen molar-refractivity contribution >= 4 is 11.4 Å². The molecule has 1 aliphatic rings. The Hall–Kier alpha value is -1.22. The minimum Gasteiger partial charge on any atom is -0.399 e. The number of hydrogen-bond donors (Lipinski definition) is 3. The highest BCUT2D eigenvalue weighted by Gasteiger charge is 2.26. The predicted molar refractivity (Wildman–Crippen MR) is 53.5 cm³/mol. The SMILES string of the molecule is Nc1ccc(NC2CC(O)C2)cc1. The summed E-state index contributed by atoms with van der Waals surface area (Å²) in [4.78, 5) is 0. The van der Waals surface area contributed by atoms with Crippen LogP contribution >= 0.6 is 0 Å². The molecule has 4 N–H and O–H groups in total. The van der Waals surface area contributed by atoms with E-state index in [9.17, 15) is 0 Å². The van der Waals surface area contributed by atoms with Crippen molar-refractivity contribution in [2.24, 2.45) is 0 Å². The van der Waals surface area contributed by atoms with Crippen LogP contribution in [0.2, 0.25) is 0 Å². The van der Waals surface area contributed by atoms with Gasteiger partial charge < -0.3 is 16.2 Å². The number of hydrogen-bond acceptors (Lipinski definition) is 3. The van der Waals surface area contributed by atoms with E-state index in [0.29, 0.717) is 6.04 Å². The van der Waals surface area contributed by atoms with Crippen LogP contribution < -0.4 is 11.1 Å². The topological polar surface area (TPSA) is 58.3 Å². The van der Waals surface area contributed by atoms with Crippen LogP contribution in [0.4, 0.5) is 11.4 Å². The number of nitrogens with two attached hydrogens (primary N) is 1. The van der Waals surface area contributed by atoms with E-state index < -0.39 is 0 Å². The first-order valence-corrected chi connectivity index (χ1v) is 4.54. The smallest absolute Gasteiger partial charge is 0.0579 e. The van der Waals surface area contributed by atoms with E-state index in [4.69, 9.17) is 10.8 Å². The van der Waals surface area contributed by atoms with Crippen molar-refractivity contribution in [1.29, 1.82) is 0 Å². The fraction of sp³-hybridized carbons (Fsp3) is 0.400. The number of nitrogen functional groups attached to an aromatic ring is 1. The molecule has 0 spiro atoms. The first-order chi connectivity index (χ1) is 6.24. The van der Waals surface area contributed by atoms with Gasteiger partial charge in [0, 0.05) is 17.4 Å². The highest BCUT2D eigenvalue weighted by atomic mass is 16.3. The van der Waals surface area contributed by atoms with Gasteiger partial charge in [-0.2, -0.15) is 0 Å². The van der Waals surface area contributed by atoms with Crippen molar-refractivity contribution in [2.45, 2.75) is 25.0 Å². The Bertz CT molecular complexity index is 277. The van der Waals surface area contributed by atoms with Crippen molar-refractivity contribution in [1.82, 2.24) is 0 Å². The maximum Gasteiger partial charge on any atom is 0.0579 e. The molecule has 0 atom stereocenters. The highest BCUT2D eigenvalue weighted by Crippen LogP contribution is 2.24. The molecule has 0 amide bonds. The third kappa shape index (κ3) is 1.92. The average molecular weight is 178 g/mol. The zero-order valence-corrected chi connectivity index (χ0v) is 7.40. The van der Waals surface area contributed by atoms with Crippen molar-refractivity contribution in [3.8, 4) is 0 Å². The molecular weight excluding hydrogens is 164 g/mol. The van der Waals surface area contributed by atoms with Crippen LogP contribution in [0.3, 0.4) is 0 Å². The summed E-state index contributed by atoms with van der Waals surface area (Å²) in [7, 11) is 0. The highest BCUT2D eigenvalue weighted by molar-refractivity contribution is 5.51. The normalized spacial score (nSPS) is 26.5. The van der Waals surface area contributed by atoms with E-state index in [0.717, 1.165) is 24.2 Å². The summed E-state index contributed by atoms with van der Waals surface area (Å²) in [6.45, 7) is 0. The predicted octanol–water partition coefficient (Wildman–Crippen LogP) is 1.20. The Balaban J connectivity index is 1.91. The van der Waals surface area contributed by atoms with Gasteiger partial charge in [0.05, 0.1) is 6.10 Å². The number of nitrogens with one attached hydrogen (secondary N) is 1. The quantitative estimate of drug-likeness (QED) is 0.596. The van der Waals surface area contributed by atoms with E-state index in [1.54, 1.807) is 0 Å². The second kappa shape index (κ2) is 3.26. The molecule has 0 radical (unpaired) electrons. The fourth-order valence-corrected chi connectivity index (χ4v) is 1.52. The molecular formula is C10H14N2O. The summed E-state index contributed by atoms with van der Waals surface area (Å²) >= 11 is 0. The molecule has 0 unspecified atom stereocenters. The van der Waals surface area contributed by atoms with Gasteiger partial charge in [-0.3, -0.25) is 0 Å². The lowest BCUT2D eigenvalue weighted by Crippen LogP contribution is -2.38. The average Bonchev–Trinajstić information content (AvgIpc) is 2.06. The lowest BCUT2D eigenvalue weighted by Gasteiger charge is -2.32. The Morgan fingerprint density at radius 2 is 1.85 bits per heavy atom. The number of rotatable bonds is 2. The lowest BCUT2D eigenvalue weighted by atomic mass is 9.89. The number of anilines is 2. The molecule has 1 fully saturated rings. The third-order valence-corrected chi connectivity index (χ3v) is 2.39. The molecule has 70 valence electrons. The first-order valence-electron chi connectivity index (χ1n) is 4.54. The molecule has 0 aromatic heterocycles. The molecule has 0 bridgehead atoms. The van der Waals surface area contributed by atoms with Gasteiger partial charge in [0.2, 0.25) is 0 Å². The van der Waals surface area contributed by atoms with Crippen LogP contribution in [-0.2, 0) is 0 Å². The first kappa shape index (κ1) is 8.38. The largest absolute Gasteiger partial charge is 0.399 e. The Labute approximate surface area is 77.6 Å². The Morgan fingerprint density at radius 1 is 1.23 bits per heavy atom. The molecule has 0 saturated heterocycles. The molecule has 1 aromatic rings. The second-order valence-corrected chi connectivity index (χ2v) is 3.59. The van der Waals surface area contributed by atoms with E-state index in [1.807, 2.05) is 24.3 Å². The Kier molecular flexibility index (Phi) is 2.10. The van der Waals surface area contributed by atoms with Gasteiger partial charge in [-0.05, 0) is 37.1 Å². The minimum atomic E-state index is -0.105. The summed E-state index contributed by atoms with van der Waals surface area (Å²) in [6, 6.07) is 8.09. The van der Waals surface area contributed by atoms with Crippen LogP contribution in [0.1, 0.15) is 12.8 Å². The lowest BCUT2D eigenvalue weighted by molar-refractivity contribution is 0.0836. The molecule has 1 saturated carbocycles. The summed E-state index contributed by atoms with van der Waals surface area (Å²) < 4.78 is 0. The summed E-state index contributed by atoms with van der Waals surface area (Å²) in [5.74, 6) is 0. The van der Waals surface area contributed by atoms with E-state index in [2.05, 4.69) is 5.32 Å². The van der Waals surface area contributed by atoms with E-state index in [1.165, 1.54) is 0 Å².